The van der Waals surface area contributed by atoms with Gasteiger partial charge in [0.1, 0.15) is 5.75 Å². The van der Waals surface area contributed by atoms with E-state index in [1.54, 1.807) is 41.2 Å². The molecule has 30 heavy (non-hydrogen) atoms. The third-order valence-corrected chi connectivity index (χ3v) is 4.94. The van der Waals surface area contributed by atoms with E-state index in [2.05, 4.69) is 5.32 Å². The summed E-state index contributed by atoms with van der Waals surface area (Å²) in [5, 5.41) is 2.86. The maximum Gasteiger partial charge on any atom is 0.243 e. The van der Waals surface area contributed by atoms with Crippen molar-refractivity contribution in [1.29, 1.82) is 0 Å². The van der Waals surface area contributed by atoms with Gasteiger partial charge in [-0.2, -0.15) is 0 Å². The van der Waals surface area contributed by atoms with Crippen LogP contribution in [0.4, 0.5) is 17.1 Å². The minimum absolute atomic E-state index is 0.0615. The molecule has 0 saturated carbocycles. The normalized spacial score (nSPS) is 13.2. The smallest absolute Gasteiger partial charge is 0.243 e. The molecular formula is C22H26N4O4. The second-order valence-electron chi connectivity index (χ2n) is 7.08. The predicted molar refractivity (Wildman–Crippen MR) is 116 cm³/mol. The number of ether oxygens (including phenoxy) is 1. The lowest BCUT2D eigenvalue weighted by molar-refractivity contribution is -0.118. The average Bonchev–Trinajstić information content (AvgIpc) is 3.17. The van der Waals surface area contributed by atoms with Crippen molar-refractivity contribution in [2.45, 2.75) is 19.3 Å². The first-order valence-electron chi connectivity index (χ1n) is 9.84. The van der Waals surface area contributed by atoms with Crippen LogP contribution in [-0.2, 0) is 14.4 Å². The van der Waals surface area contributed by atoms with Crippen LogP contribution in [0.25, 0.3) is 0 Å². The Kier molecular flexibility index (Phi) is 6.90. The summed E-state index contributed by atoms with van der Waals surface area (Å²) in [6.45, 7) is 1.11. The Morgan fingerprint density at radius 3 is 2.40 bits per heavy atom. The molecule has 0 radical (unpaired) electrons. The highest BCUT2D eigenvalue weighted by Gasteiger charge is 2.21. The zero-order valence-corrected chi connectivity index (χ0v) is 17.0. The molecule has 8 nitrogen and oxygen atoms in total. The highest BCUT2D eigenvalue weighted by atomic mass is 16.5. The number of anilines is 3. The highest BCUT2D eigenvalue weighted by molar-refractivity contribution is 5.97. The summed E-state index contributed by atoms with van der Waals surface area (Å²) in [6.07, 6.45) is 1.58. The van der Waals surface area contributed by atoms with Crippen LogP contribution in [0.15, 0.2) is 48.5 Å². The lowest BCUT2D eigenvalue weighted by Crippen LogP contribution is -2.35. The maximum atomic E-state index is 12.6. The molecule has 2 aromatic rings. The van der Waals surface area contributed by atoms with Gasteiger partial charge >= 0.3 is 0 Å². The van der Waals surface area contributed by atoms with Crippen LogP contribution in [0.1, 0.15) is 19.3 Å². The number of nitrogens with one attached hydrogen (secondary N) is 1. The van der Waals surface area contributed by atoms with Crippen LogP contribution in [0.3, 0.4) is 0 Å². The van der Waals surface area contributed by atoms with E-state index in [1.165, 1.54) is 0 Å². The van der Waals surface area contributed by atoms with E-state index in [0.29, 0.717) is 24.4 Å². The van der Waals surface area contributed by atoms with Crippen LogP contribution < -0.4 is 25.6 Å². The average molecular weight is 410 g/mol. The summed E-state index contributed by atoms with van der Waals surface area (Å²) < 4.78 is 5.16. The Labute approximate surface area is 175 Å². The molecule has 0 spiro atoms. The molecule has 0 aromatic heterocycles. The van der Waals surface area contributed by atoms with Crippen molar-refractivity contribution >= 4 is 34.8 Å². The second-order valence-corrected chi connectivity index (χ2v) is 7.08. The molecule has 2 aromatic carbocycles. The van der Waals surface area contributed by atoms with E-state index >= 15 is 0 Å². The van der Waals surface area contributed by atoms with Gasteiger partial charge in [-0.3, -0.25) is 14.4 Å². The predicted octanol–water partition coefficient (Wildman–Crippen LogP) is 2.14. The standard InChI is InChI=1S/C22H26N4O4/c1-30-19-10-8-17(9-11-19)25(14-12-20(23)27)15-21(28)24-16-4-6-18(7-5-16)26-13-2-3-22(26)29/h4-11H,2-3,12-15H2,1H3,(H2,23,27)(H,24,28). The Hall–Kier alpha value is -3.55. The quantitative estimate of drug-likeness (QED) is 0.659. The number of hydrogen-bond donors (Lipinski definition) is 2. The number of carbonyl (C=O) groups excluding carboxylic acids is 3. The largest absolute Gasteiger partial charge is 0.497 e. The summed E-state index contributed by atoms with van der Waals surface area (Å²) in [5.41, 5.74) is 7.54. The molecule has 1 heterocycles. The van der Waals surface area contributed by atoms with E-state index in [0.717, 1.165) is 24.3 Å². The number of hydrogen-bond acceptors (Lipinski definition) is 5. The molecule has 0 aliphatic carbocycles. The molecule has 0 bridgehead atoms. The third-order valence-electron chi connectivity index (χ3n) is 4.94. The first-order valence-corrected chi connectivity index (χ1v) is 9.84. The van der Waals surface area contributed by atoms with Gasteiger partial charge in [0.25, 0.3) is 0 Å². The molecule has 3 N–H and O–H groups in total. The topological polar surface area (TPSA) is 105 Å². The highest BCUT2D eigenvalue weighted by Crippen LogP contribution is 2.23. The van der Waals surface area contributed by atoms with Crippen LogP contribution in [0.5, 0.6) is 5.75 Å². The van der Waals surface area contributed by atoms with E-state index in [9.17, 15) is 14.4 Å². The lowest BCUT2D eigenvalue weighted by Gasteiger charge is -2.24. The van der Waals surface area contributed by atoms with Gasteiger partial charge in [0.15, 0.2) is 0 Å². The molecule has 3 rings (SSSR count). The third kappa shape index (κ3) is 5.50. The van der Waals surface area contributed by atoms with Gasteiger partial charge < -0.3 is 25.6 Å². The van der Waals surface area contributed by atoms with Gasteiger partial charge in [-0.1, -0.05) is 0 Å². The summed E-state index contributed by atoms with van der Waals surface area (Å²) >= 11 is 0. The number of carbonyl (C=O) groups is 3. The zero-order chi connectivity index (χ0) is 21.5. The molecule has 1 aliphatic rings. The monoisotopic (exact) mass is 410 g/mol. The van der Waals surface area contributed by atoms with E-state index in [-0.39, 0.29) is 24.8 Å². The van der Waals surface area contributed by atoms with Crippen molar-refractivity contribution in [3.8, 4) is 5.75 Å². The van der Waals surface area contributed by atoms with Gasteiger partial charge in [0.05, 0.1) is 13.7 Å². The Morgan fingerprint density at radius 1 is 1.13 bits per heavy atom. The molecule has 8 heteroatoms. The van der Waals surface area contributed by atoms with Gasteiger partial charge in [0, 0.05) is 43.0 Å². The number of amides is 3. The number of benzene rings is 2. The fourth-order valence-electron chi connectivity index (χ4n) is 3.36. The van der Waals surface area contributed by atoms with Crippen LogP contribution >= 0.6 is 0 Å². The van der Waals surface area contributed by atoms with Gasteiger partial charge in [-0.15, -0.1) is 0 Å². The SMILES string of the molecule is COc1ccc(N(CCC(N)=O)CC(=O)Nc2ccc(N3CCCC3=O)cc2)cc1. The van der Waals surface area contributed by atoms with E-state index in [1.807, 2.05) is 24.3 Å². The van der Waals surface area contributed by atoms with Gasteiger partial charge in [-0.05, 0) is 55.0 Å². The molecule has 1 saturated heterocycles. The summed E-state index contributed by atoms with van der Waals surface area (Å²) in [4.78, 5) is 39.2. The number of methoxy groups -OCH3 is 1. The molecule has 1 aliphatic heterocycles. The van der Waals surface area contributed by atoms with Crippen molar-refractivity contribution in [2.75, 3.05) is 41.9 Å². The maximum absolute atomic E-state index is 12.6. The molecule has 158 valence electrons. The summed E-state index contributed by atoms with van der Waals surface area (Å²) in [6, 6.07) is 14.5. The van der Waals surface area contributed by atoms with Gasteiger partial charge in [-0.25, -0.2) is 0 Å². The first kappa shape index (κ1) is 21.2. The Morgan fingerprint density at radius 2 is 1.83 bits per heavy atom. The number of nitrogens with two attached hydrogens (primary N) is 1. The lowest BCUT2D eigenvalue weighted by atomic mass is 10.2. The van der Waals surface area contributed by atoms with Crippen LogP contribution in [-0.4, -0.2) is 44.5 Å². The molecular weight excluding hydrogens is 384 g/mol. The number of nitrogens with zero attached hydrogens (tertiary/aromatic N) is 2. The van der Waals surface area contributed by atoms with Crippen molar-refractivity contribution in [1.82, 2.24) is 0 Å². The summed E-state index contributed by atoms with van der Waals surface area (Å²) in [5.74, 6) is 0.173. The zero-order valence-electron chi connectivity index (χ0n) is 17.0. The van der Waals surface area contributed by atoms with Crippen molar-refractivity contribution in [3.05, 3.63) is 48.5 Å². The summed E-state index contributed by atoms with van der Waals surface area (Å²) in [7, 11) is 1.58. The molecule has 0 unspecified atom stereocenters. The van der Waals surface area contributed by atoms with Crippen molar-refractivity contribution in [3.63, 3.8) is 0 Å². The van der Waals surface area contributed by atoms with Crippen LogP contribution in [0, 0.1) is 0 Å². The van der Waals surface area contributed by atoms with Crippen molar-refractivity contribution in [2.24, 2.45) is 5.73 Å². The number of primary amides is 1. The fourth-order valence-corrected chi connectivity index (χ4v) is 3.36. The minimum Gasteiger partial charge on any atom is -0.497 e. The van der Waals surface area contributed by atoms with Crippen LogP contribution in [0.2, 0.25) is 0 Å². The molecule has 1 fully saturated rings. The Bertz CT molecular complexity index is 896. The Balaban J connectivity index is 1.64. The molecule has 0 atom stereocenters. The second kappa shape index (κ2) is 9.78. The van der Waals surface area contributed by atoms with Crippen molar-refractivity contribution < 1.29 is 19.1 Å². The first-order chi connectivity index (χ1) is 14.5. The number of rotatable bonds is 9. The van der Waals surface area contributed by atoms with E-state index < -0.39 is 5.91 Å². The minimum atomic E-state index is -0.430. The van der Waals surface area contributed by atoms with E-state index in [4.69, 9.17) is 10.5 Å². The van der Waals surface area contributed by atoms with Gasteiger partial charge in [0.2, 0.25) is 17.7 Å². The molecule has 3 amide bonds. The fraction of sp³-hybridized carbons (Fsp3) is 0.318.